The Morgan fingerprint density at radius 1 is 1.33 bits per heavy atom. The third-order valence-corrected chi connectivity index (χ3v) is 5.09. The predicted molar refractivity (Wildman–Crippen MR) is 122 cm³/mol. The number of hydrogen-bond donors (Lipinski definition) is 2. The molecule has 1 saturated carbocycles. The van der Waals surface area contributed by atoms with Crippen LogP contribution in [0.15, 0.2) is 34.9 Å². The van der Waals surface area contributed by atoms with Crippen molar-refractivity contribution in [2.75, 3.05) is 63.7 Å². The highest BCUT2D eigenvalue weighted by Crippen LogP contribution is 2.36. The molecule has 2 aliphatic rings. The summed E-state index contributed by atoms with van der Waals surface area (Å²) in [6, 6.07) is 1.82. The molecule has 0 spiro atoms. The lowest BCUT2D eigenvalue weighted by Gasteiger charge is -2.26. The van der Waals surface area contributed by atoms with Gasteiger partial charge in [0, 0.05) is 39.3 Å². The van der Waals surface area contributed by atoms with Crippen LogP contribution in [-0.4, -0.2) is 73.8 Å². The van der Waals surface area contributed by atoms with Crippen LogP contribution in [0.3, 0.4) is 0 Å². The number of morpholine rings is 1. The lowest BCUT2D eigenvalue weighted by Crippen LogP contribution is -2.38. The van der Waals surface area contributed by atoms with Gasteiger partial charge in [-0.2, -0.15) is 9.97 Å². The van der Waals surface area contributed by atoms with E-state index in [1.165, 1.54) is 18.4 Å². The summed E-state index contributed by atoms with van der Waals surface area (Å²) in [5, 5.41) is 6.50. The summed E-state index contributed by atoms with van der Waals surface area (Å²) in [5.74, 6) is 3.16. The molecule has 2 heterocycles. The number of nitrogens with one attached hydrogen (secondary N) is 2. The minimum Gasteiger partial charge on any atom is -0.476 e. The van der Waals surface area contributed by atoms with Crippen molar-refractivity contribution in [1.82, 2.24) is 14.9 Å². The topological polar surface area (TPSA) is 83.9 Å². The van der Waals surface area contributed by atoms with Gasteiger partial charge < -0.3 is 20.1 Å². The molecule has 0 aromatic carbocycles. The molecule has 1 aliphatic heterocycles. The Balaban J connectivity index is 1.66. The van der Waals surface area contributed by atoms with Crippen LogP contribution >= 0.6 is 0 Å². The highest BCUT2D eigenvalue weighted by atomic mass is 16.5. The van der Waals surface area contributed by atoms with Gasteiger partial charge in [-0.25, -0.2) is 0 Å². The smallest absolute Gasteiger partial charge is 0.228 e. The normalized spacial score (nSPS) is 18.2. The Morgan fingerprint density at radius 2 is 2.10 bits per heavy atom. The Kier molecular flexibility index (Phi) is 8.21. The van der Waals surface area contributed by atoms with Crippen molar-refractivity contribution in [2.24, 2.45) is 10.9 Å². The maximum atomic E-state index is 5.95. The molecule has 0 bridgehead atoms. The molecule has 2 fully saturated rings. The molecule has 0 unspecified atom stereocenters. The van der Waals surface area contributed by atoms with Crippen LogP contribution in [-0.2, 0) is 4.74 Å². The lowest BCUT2D eigenvalue weighted by atomic mass is 10.2. The van der Waals surface area contributed by atoms with Crippen LogP contribution in [0, 0.1) is 5.92 Å². The summed E-state index contributed by atoms with van der Waals surface area (Å²) in [6.45, 7) is 13.5. The van der Waals surface area contributed by atoms with Crippen molar-refractivity contribution in [3.8, 4) is 5.88 Å². The third-order valence-electron chi connectivity index (χ3n) is 5.09. The quantitative estimate of drug-likeness (QED) is 0.346. The minimum absolute atomic E-state index is 0.503. The molecule has 0 atom stereocenters. The molecule has 8 nitrogen and oxygen atoms in total. The SMILES string of the molecule is C=C(C)CNc1nc(NC(/C=C(\C)C2CC2)=NC)cc(OCCN2CCOCC2)n1. The molecule has 1 aromatic heterocycles. The van der Waals surface area contributed by atoms with E-state index in [0.717, 1.165) is 44.3 Å². The lowest BCUT2D eigenvalue weighted by molar-refractivity contribution is 0.0320. The van der Waals surface area contributed by atoms with Gasteiger partial charge >= 0.3 is 0 Å². The van der Waals surface area contributed by atoms with Crippen molar-refractivity contribution in [1.29, 1.82) is 0 Å². The van der Waals surface area contributed by atoms with Gasteiger partial charge in [0.1, 0.15) is 18.3 Å². The van der Waals surface area contributed by atoms with E-state index in [4.69, 9.17) is 9.47 Å². The summed E-state index contributed by atoms with van der Waals surface area (Å²) in [6.07, 6.45) is 4.63. The molecule has 0 amide bonds. The number of anilines is 2. The van der Waals surface area contributed by atoms with Crippen molar-refractivity contribution in [3.63, 3.8) is 0 Å². The second-order valence-electron chi connectivity index (χ2n) is 7.92. The van der Waals surface area contributed by atoms with Crippen LogP contribution < -0.4 is 15.4 Å². The zero-order valence-electron chi connectivity index (χ0n) is 18.4. The van der Waals surface area contributed by atoms with Gasteiger partial charge in [0.2, 0.25) is 11.8 Å². The number of allylic oxidation sites excluding steroid dienone is 1. The highest BCUT2D eigenvalue weighted by molar-refractivity contribution is 6.03. The first kappa shape index (κ1) is 22.2. The predicted octanol–water partition coefficient (Wildman–Crippen LogP) is 2.97. The fraction of sp³-hybridized carbons (Fsp3) is 0.591. The second-order valence-corrected chi connectivity index (χ2v) is 7.92. The molecular formula is C22H34N6O2. The van der Waals surface area contributed by atoms with Gasteiger partial charge in [-0.15, -0.1) is 0 Å². The van der Waals surface area contributed by atoms with Gasteiger partial charge in [-0.3, -0.25) is 9.89 Å². The summed E-state index contributed by atoms with van der Waals surface area (Å²) >= 11 is 0. The summed E-state index contributed by atoms with van der Waals surface area (Å²) in [7, 11) is 1.78. The van der Waals surface area contributed by atoms with Crippen LogP contribution in [0.1, 0.15) is 26.7 Å². The van der Waals surface area contributed by atoms with E-state index < -0.39 is 0 Å². The number of nitrogens with zero attached hydrogens (tertiary/aromatic N) is 4. The monoisotopic (exact) mass is 414 g/mol. The van der Waals surface area contributed by atoms with Crippen LogP contribution in [0.5, 0.6) is 5.88 Å². The van der Waals surface area contributed by atoms with Crippen molar-refractivity contribution in [2.45, 2.75) is 26.7 Å². The van der Waals surface area contributed by atoms with Gasteiger partial charge in [0.15, 0.2) is 0 Å². The van der Waals surface area contributed by atoms with Gasteiger partial charge in [-0.05, 0) is 38.7 Å². The molecule has 1 aliphatic carbocycles. The maximum absolute atomic E-state index is 5.95. The fourth-order valence-corrected chi connectivity index (χ4v) is 3.14. The van der Waals surface area contributed by atoms with E-state index in [1.54, 1.807) is 7.05 Å². The number of amidine groups is 1. The summed E-state index contributed by atoms with van der Waals surface area (Å²) in [5.41, 5.74) is 2.35. The maximum Gasteiger partial charge on any atom is 0.228 e. The Bertz CT molecular complexity index is 782. The molecule has 0 radical (unpaired) electrons. The van der Waals surface area contributed by atoms with E-state index in [1.807, 2.05) is 13.0 Å². The van der Waals surface area contributed by atoms with E-state index >= 15 is 0 Å². The molecule has 2 N–H and O–H groups in total. The van der Waals surface area contributed by atoms with Crippen molar-refractivity contribution >= 4 is 17.6 Å². The molecule has 8 heteroatoms. The van der Waals surface area contributed by atoms with Crippen molar-refractivity contribution < 1.29 is 9.47 Å². The van der Waals surface area contributed by atoms with Gasteiger partial charge in [0.25, 0.3) is 0 Å². The first-order valence-corrected chi connectivity index (χ1v) is 10.7. The van der Waals surface area contributed by atoms with Gasteiger partial charge in [-0.1, -0.05) is 17.7 Å². The van der Waals surface area contributed by atoms with E-state index in [0.29, 0.717) is 36.7 Å². The van der Waals surface area contributed by atoms with Crippen LogP contribution in [0.25, 0.3) is 0 Å². The first-order valence-electron chi connectivity index (χ1n) is 10.7. The molecular weight excluding hydrogens is 380 g/mol. The Labute approximate surface area is 179 Å². The Morgan fingerprint density at radius 3 is 2.77 bits per heavy atom. The minimum atomic E-state index is 0.503. The number of aliphatic imine (C=N–C) groups is 1. The van der Waals surface area contributed by atoms with Gasteiger partial charge in [0.05, 0.1) is 13.2 Å². The molecule has 3 rings (SSSR count). The second kappa shape index (κ2) is 11.1. The van der Waals surface area contributed by atoms with Crippen molar-refractivity contribution in [3.05, 3.63) is 29.9 Å². The highest BCUT2D eigenvalue weighted by Gasteiger charge is 2.23. The number of rotatable bonds is 10. The van der Waals surface area contributed by atoms with E-state index in [-0.39, 0.29) is 0 Å². The number of aromatic nitrogens is 2. The van der Waals surface area contributed by atoms with Crippen LogP contribution in [0.4, 0.5) is 11.8 Å². The zero-order valence-corrected chi connectivity index (χ0v) is 18.4. The zero-order chi connectivity index (χ0) is 21.3. The van der Waals surface area contributed by atoms with E-state index in [9.17, 15) is 0 Å². The standard InChI is InChI=1S/C22H34N6O2/c1-16(2)15-24-22-26-20(25-19(23-4)13-17(3)18-5-6-18)14-21(27-22)30-12-9-28-7-10-29-11-8-28/h13-14,18H,1,5-12,15H2,2-4H3,(H2,23,24,25,26,27)/b17-13+. The average molecular weight is 415 g/mol. The number of ether oxygens (including phenoxy) is 2. The molecule has 1 saturated heterocycles. The van der Waals surface area contributed by atoms with E-state index in [2.05, 4.69) is 50.1 Å². The third kappa shape index (κ3) is 7.42. The first-order chi connectivity index (χ1) is 14.5. The molecule has 30 heavy (non-hydrogen) atoms. The summed E-state index contributed by atoms with van der Waals surface area (Å²) < 4.78 is 11.3. The molecule has 164 valence electrons. The Hall–Kier alpha value is -2.45. The summed E-state index contributed by atoms with van der Waals surface area (Å²) in [4.78, 5) is 15.8. The number of hydrogen-bond acceptors (Lipinski definition) is 7. The fourth-order valence-electron chi connectivity index (χ4n) is 3.14. The average Bonchev–Trinajstić information content (AvgIpc) is 3.58. The van der Waals surface area contributed by atoms with Crippen LogP contribution in [0.2, 0.25) is 0 Å². The molecule has 1 aromatic rings. The largest absolute Gasteiger partial charge is 0.476 e.